The van der Waals surface area contributed by atoms with E-state index in [1.165, 1.54) is 12.1 Å². The SMILES string of the molecule is CN(C)C1NC(=O)C2C(CO)NN(C(c3ccc(CC(F)(F)F)cc3)C3CC3)C2N1. The molecule has 4 N–H and O–H groups in total. The fraction of sp³-hybridized carbons (Fsp3) is 0.650. The predicted molar refractivity (Wildman–Crippen MR) is 104 cm³/mol. The van der Waals surface area contributed by atoms with E-state index in [-0.39, 0.29) is 36.6 Å². The van der Waals surface area contributed by atoms with Crippen molar-refractivity contribution in [3.8, 4) is 0 Å². The zero-order chi connectivity index (χ0) is 21.6. The van der Waals surface area contributed by atoms with Crippen LogP contribution in [0.4, 0.5) is 13.2 Å². The normalized spacial score (nSPS) is 31.0. The van der Waals surface area contributed by atoms with Gasteiger partial charge in [0.2, 0.25) is 5.91 Å². The number of halogens is 3. The average molecular weight is 427 g/mol. The van der Waals surface area contributed by atoms with Gasteiger partial charge in [0.25, 0.3) is 0 Å². The van der Waals surface area contributed by atoms with Gasteiger partial charge in [0.05, 0.1) is 37.2 Å². The third-order valence-electron chi connectivity index (χ3n) is 6.11. The molecule has 4 rings (SSSR count). The number of nitrogens with zero attached hydrogens (tertiary/aromatic N) is 2. The molecule has 7 nitrogen and oxygen atoms in total. The Balaban J connectivity index is 1.61. The van der Waals surface area contributed by atoms with E-state index < -0.39 is 24.6 Å². The number of nitrogens with one attached hydrogen (secondary N) is 3. The van der Waals surface area contributed by atoms with Crippen molar-refractivity contribution in [3.05, 3.63) is 35.4 Å². The maximum Gasteiger partial charge on any atom is 0.393 e. The summed E-state index contributed by atoms with van der Waals surface area (Å²) >= 11 is 0. The Bertz CT molecular complexity index is 769. The maximum atomic E-state index is 12.8. The highest BCUT2D eigenvalue weighted by molar-refractivity contribution is 5.81. The van der Waals surface area contributed by atoms with Crippen molar-refractivity contribution >= 4 is 5.91 Å². The van der Waals surface area contributed by atoms with Gasteiger partial charge in [-0.15, -0.1) is 0 Å². The van der Waals surface area contributed by atoms with Crippen LogP contribution in [0.1, 0.15) is 30.0 Å². The molecule has 0 aromatic heterocycles. The molecule has 0 radical (unpaired) electrons. The first-order valence-corrected chi connectivity index (χ1v) is 10.2. The topological polar surface area (TPSA) is 79.9 Å². The molecule has 5 unspecified atom stereocenters. The van der Waals surface area contributed by atoms with Crippen molar-refractivity contribution in [1.29, 1.82) is 0 Å². The van der Waals surface area contributed by atoms with Gasteiger partial charge in [-0.3, -0.25) is 15.0 Å². The Hall–Kier alpha value is -1.72. The van der Waals surface area contributed by atoms with E-state index in [9.17, 15) is 23.1 Å². The number of benzene rings is 1. The first-order chi connectivity index (χ1) is 14.2. The number of hydrogen-bond donors (Lipinski definition) is 4. The lowest BCUT2D eigenvalue weighted by molar-refractivity contribution is -0.134. The molecule has 1 amide bonds. The second-order valence-corrected chi connectivity index (χ2v) is 8.65. The number of alkyl halides is 3. The summed E-state index contributed by atoms with van der Waals surface area (Å²) in [6.07, 6.45) is -3.86. The van der Waals surface area contributed by atoms with Crippen molar-refractivity contribution in [3.63, 3.8) is 0 Å². The zero-order valence-electron chi connectivity index (χ0n) is 17.0. The molecule has 5 atom stereocenters. The minimum atomic E-state index is -4.24. The van der Waals surface area contributed by atoms with Crippen LogP contribution in [0.3, 0.4) is 0 Å². The van der Waals surface area contributed by atoms with Gasteiger partial charge in [0.15, 0.2) is 0 Å². The van der Waals surface area contributed by atoms with E-state index in [1.54, 1.807) is 12.1 Å². The third-order valence-corrected chi connectivity index (χ3v) is 6.11. The van der Waals surface area contributed by atoms with Crippen LogP contribution >= 0.6 is 0 Å². The summed E-state index contributed by atoms with van der Waals surface area (Å²) in [5.74, 6) is -0.271. The molecule has 0 bridgehead atoms. The Morgan fingerprint density at radius 1 is 1.23 bits per heavy atom. The second-order valence-electron chi connectivity index (χ2n) is 8.65. The Labute approximate surface area is 173 Å². The van der Waals surface area contributed by atoms with Crippen molar-refractivity contribution in [2.45, 2.75) is 50.0 Å². The summed E-state index contributed by atoms with van der Waals surface area (Å²) in [4.78, 5) is 14.6. The van der Waals surface area contributed by atoms with Crippen LogP contribution in [0.5, 0.6) is 0 Å². The number of fused-ring (bicyclic) bond motifs is 1. The van der Waals surface area contributed by atoms with Gasteiger partial charge in [-0.25, -0.2) is 10.4 Å². The average Bonchev–Trinajstić information content (AvgIpc) is 3.43. The predicted octanol–water partition coefficient (Wildman–Crippen LogP) is 0.931. The van der Waals surface area contributed by atoms with E-state index in [4.69, 9.17) is 0 Å². The number of rotatable bonds is 6. The highest BCUT2D eigenvalue weighted by Crippen LogP contribution is 2.47. The van der Waals surface area contributed by atoms with Crippen molar-refractivity contribution in [2.75, 3.05) is 20.7 Å². The van der Waals surface area contributed by atoms with E-state index >= 15 is 0 Å². The molecular weight excluding hydrogens is 399 g/mol. The molecule has 1 saturated carbocycles. The van der Waals surface area contributed by atoms with Gasteiger partial charge < -0.3 is 10.4 Å². The van der Waals surface area contributed by atoms with E-state index in [0.29, 0.717) is 5.92 Å². The minimum Gasteiger partial charge on any atom is -0.395 e. The summed E-state index contributed by atoms with van der Waals surface area (Å²) in [5.41, 5.74) is 4.44. The molecule has 2 saturated heterocycles. The molecule has 1 aliphatic carbocycles. The molecule has 166 valence electrons. The van der Waals surface area contributed by atoms with Gasteiger partial charge in [0.1, 0.15) is 6.29 Å². The first-order valence-electron chi connectivity index (χ1n) is 10.2. The summed E-state index contributed by atoms with van der Waals surface area (Å²) in [7, 11) is 3.71. The molecule has 3 fully saturated rings. The number of hydrazine groups is 1. The smallest absolute Gasteiger partial charge is 0.393 e. The van der Waals surface area contributed by atoms with Gasteiger partial charge >= 0.3 is 6.18 Å². The molecule has 1 aromatic rings. The summed E-state index contributed by atoms with van der Waals surface area (Å²) < 4.78 is 38.1. The summed E-state index contributed by atoms with van der Waals surface area (Å²) in [5, 5.41) is 18.2. The highest BCUT2D eigenvalue weighted by atomic mass is 19.4. The zero-order valence-corrected chi connectivity index (χ0v) is 17.0. The summed E-state index contributed by atoms with van der Waals surface area (Å²) in [6, 6.07) is 6.02. The van der Waals surface area contributed by atoms with Crippen molar-refractivity contribution in [1.82, 2.24) is 26.0 Å². The number of carbonyl (C=O) groups excluding carboxylic acids is 1. The molecule has 1 aromatic carbocycles. The fourth-order valence-corrected chi connectivity index (χ4v) is 4.51. The lowest BCUT2D eigenvalue weighted by Gasteiger charge is -2.42. The monoisotopic (exact) mass is 427 g/mol. The molecule has 2 heterocycles. The summed E-state index contributed by atoms with van der Waals surface area (Å²) in [6.45, 7) is -0.193. The van der Waals surface area contributed by atoms with Gasteiger partial charge in [-0.05, 0) is 44.0 Å². The number of aliphatic hydroxyl groups excluding tert-OH is 1. The van der Waals surface area contributed by atoms with Gasteiger partial charge in [-0.1, -0.05) is 24.3 Å². The number of amides is 1. The third kappa shape index (κ3) is 4.33. The standard InChI is InChI=1S/C20H28F3N5O2/c1-27(2)19-24-17-15(18(30)25-19)14(10-29)26-28(17)16(13-7-8-13)12-5-3-11(4-6-12)9-20(21,22)23/h3-6,13-17,19,24,26,29H,7-10H2,1-2H3,(H,25,30). The lowest BCUT2D eigenvalue weighted by atomic mass is 9.94. The number of carbonyl (C=O) groups is 1. The molecule has 0 spiro atoms. The largest absolute Gasteiger partial charge is 0.395 e. The van der Waals surface area contributed by atoms with Crippen molar-refractivity contribution < 1.29 is 23.1 Å². The van der Waals surface area contributed by atoms with Crippen LogP contribution in [0.15, 0.2) is 24.3 Å². The molecule has 30 heavy (non-hydrogen) atoms. The van der Waals surface area contributed by atoms with Crippen molar-refractivity contribution in [2.24, 2.45) is 11.8 Å². The quantitative estimate of drug-likeness (QED) is 0.541. The molecule has 3 aliphatic rings. The van der Waals surface area contributed by atoms with E-state index in [1.807, 2.05) is 24.0 Å². The van der Waals surface area contributed by atoms with Gasteiger partial charge in [-0.2, -0.15) is 13.2 Å². The van der Waals surface area contributed by atoms with Crippen LogP contribution in [0.25, 0.3) is 0 Å². The molecular formula is C20H28F3N5O2. The number of aliphatic hydroxyl groups is 1. The minimum absolute atomic E-state index is 0.102. The van der Waals surface area contributed by atoms with Crippen LogP contribution in [-0.2, 0) is 11.2 Å². The molecule has 10 heteroatoms. The Morgan fingerprint density at radius 2 is 1.90 bits per heavy atom. The van der Waals surface area contributed by atoms with E-state index in [2.05, 4.69) is 16.1 Å². The van der Waals surface area contributed by atoms with Gasteiger partial charge in [0, 0.05) is 0 Å². The number of hydrogen-bond acceptors (Lipinski definition) is 6. The van der Waals surface area contributed by atoms with Crippen LogP contribution in [0.2, 0.25) is 0 Å². The Kier molecular flexibility index (Phi) is 5.80. The fourth-order valence-electron chi connectivity index (χ4n) is 4.51. The highest BCUT2D eigenvalue weighted by Gasteiger charge is 2.53. The van der Waals surface area contributed by atoms with Crippen LogP contribution < -0.4 is 16.1 Å². The van der Waals surface area contributed by atoms with Crippen LogP contribution in [-0.4, -0.2) is 66.3 Å². The molecule has 2 aliphatic heterocycles. The first kappa shape index (κ1) is 21.5. The van der Waals surface area contributed by atoms with Crippen LogP contribution in [0, 0.1) is 11.8 Å². The Morgan fingerprint density at radius 3 is 2.43 bits per heavy atom. The maximum absolute atomic E-state index is 12.8. The van der Waals surface area contributed by atoms with E-state index in [0.717, 1.165) is 18.4 Å². The lowest BCUT2D eigenvalue weighted by Crippen LogP contribution is -2.68. The second kappa shape index (κ2) is 8.08.